The summed E-state index contributed by atoms with van der Waals surface area (Å²) < 4.78 is 1.02. The Morgan fingerprint density at radius 1 is 1.21 bits per heavy atom. The molecule has 1 atom stereocenters. The van der Waals surface area contributed by atoms with Crippen LogP contribution in [0.3, 0.4) is 0 Å². The third-order valence-corrected chi connectivity index (χ3v) is 4.73. The average molecular weight is 323 g/mol. The normalized spacial score (nSPS) is 24.4. The highest BCUT2D eigenvalue weighted by Crippen LogP contribution is 2.21. The highest BCUT2D eigenvalue weighted by atomic mass is 79.9. The lowest BCUT2D eigenvalue weighted by Gasteiger charge is -2.37. The van der Waals surface area contributed by atoms with Crippen LogP contribution in [0.4, 0.5) is 0 Å². The number of rotatable bonds is 3. The predicted molar refractivity (Wildman–Crippen MR) is 79.5 cm³/mol. The molecule has 0 bridgehead atoms. The molecule has 0 aromatic heterocycles. The molecule has 1 aromatic carbocycles. The minimum absolute atomic E-state index is 0.235. The molecule has 0 N–H and O–H groups in total. The minimum Gasteiger partial charge on any atom is -0.298 e. The van der Waals surface area contributed by atoms with Crippen molar-refractivity contribution < 1.29 is 4.79 Å². The Hall–Kier alpha value is -0.710. The molecule has 3 nitrogen and oxygen atoms in total. The summed E-state index contributed by atoms with van der Waals surface area (Å²) in [5, 5.41) is 0. The van der Waals surface area contributed by atoms with Gasteiger partial charge < -0.3 is 0 Å². The van der Waals surface area contributed by atoms with Gasteiger partial charge in [-0.1, -0.05) is 28.1 Å². The second-order valence-corrected chi connectivity index (χ2v) is 6.41. The number of carbonyl (C=O) groups excluding carboxylic acids is 1. The van der Waals surface area contributed by atoms with Gasteiger partial charge in [-0.15, -0.1) is 0 Å². The molecule has 0 spiro atoms. The van der Waals surface area contributed by atoms with E-state index >= 15 is 0 Å². The number of Topliss-reactive ketones (excluding diaryl/α,β-unsaturated/α-hetero) is 1. The number of carbonyl (C=O) groups is 1. The van der Waals surface area contributed by atoms with Gasteiger partial charge in [0, 0.05) is 35.7 Å². The second-order valence-electron chi connectivity index (χ2n) is 5.50. The highest BCUT2D eigenvalue weighted by molar-refractivity contribution is 9.10. The van der Waals surface area contributed by atoms with Crippen LogP contribution in [0, 0.1) is 0 Å². The standard InChI is InChI=1S/C15H19BrN2O/c16-13-5-3-12(4-6-13)15(19)11-17-8-9-18-7-1-2-14(18)10-17/h3-6,14H,1-2,7-11H2. The Morgan fingerprint density at radius 2 is 2.00 bits per heavy atom. The zero-order chi connectivity index (χ0) is 13.2. The van der Waals surface area contributed by atoms with Crippen LogP contribution in [0.1, 0.15) is 23.2 Å². The highest BCUT2D eigenvalue weighted by Gasteiger charge is 2.31. The molecule has 2 aliphatic heterocycles. The van der Waals surface area contributed by atoms with Gasteiger partial charge in [0.15, 0.2) is 5.78 Å². The molecule has 2 heterocycles. The molecule has 2 aliphatic rings. The van der Waals surface area contributed by atoms with Gasteiger partial charge in [-0.25, -0.2) is 0 Å². The SMILES string of the molecule is O=C(CN1CCN2CCCC2C1)c1ccc(Br)cc1. The number of piperazine rings is 1. The number of halogens is 1. The maximum atomic E-state index is 12.2. The minimum atomic E-state index is 0.235. The van der Waals surface area contributed by atoms with Gasteiger partial charge in [0.25, 0.3) is 0 Å². The Labute approximate surface area is 122 Å². The number of benzene rings is 1. The Balaban J connectivity index is 1.59. The predicted octanol–water partition coefficient (Wildman–Crippen LogP) is 2.41. The molecule has 2 fully saturated rings. The number of ketones is 1. The molecule has 2 saturated heterocycles. The molecule has 3 rings (SSSR count). The van der Waals surface area contributed by atoms with Crippen LogP contribution in [0.25, 0.3) is 0 Å². The number of fused-ring (bicyclic) bond motifs is 1. The zero-order valence-electron chi connectivity index (χ0n) is 11.0. The third-order valence-electron chi connectivity index (χ3n) is 4.20. The second kappa shape index (κ2) is 5.73. The Morgan fingerprint density at radius 3 is 2.79 bits per heavy atom. The third kappa shape index (κ3) is 3.07. The van der Waals surface area contributed by atoms with E-state index in [4.69, 9.17) is 0 Å². The zero-order valence-corrected chi connectivity index (χ0v) is 12.6. The van der Waals surface area contributed by atoms with Crippen molar-refractivity contribution in [3.05, 3.63) is 34.3 Å². The van der Waals surface area contributed by atoms with E-state index in [1.807, 2.05) is 24.3 Å². The lowest BCUT2D eigenvalue weighted by molar-refractivity contribution is 0.0784. The molecule has 1 unspecified atom stereocenters. The maximum Gasteiger partial charge on any atom is 0.176 e. The lowest BCUT2D eigenvalue weighted by atomic mass is 10.1. The fourth-order valence-electron chi connectivity index (χ4n) is 3.13. The summed E-state index contributed by atoms with van der Waals surface area (Å²) in [6, 6.07) is 8.35. The molecule has 4 heteroatoms. The van der Waals surface area contributed by atoms with E-state index in [2.05, 4.69) is 25.7 Å². The Bertz CT molecular complexity index is 460. The first kappa shape index (κ1) is 13.3. The summed E-state index contributed by atoms with van der Waals surface area (Å²) in [5.74, 6) is 0.235. The fourth-order valence-corrected chi connectivity index (χ4v) is 3.39. The molecule has 0 aliphatic carbocycles. The lowest BCUT2D eigenvalue weighted by Crippen LogP contribution is -2.51. The van der Waals surface area contributed by atoms with Gasteiger partial charge in [-0.05, 0) is 31.5 Å². The van der Waals surface area contributed by atoms with Crippen LogP contribution in [-0.2, 0) is 0 Å². The molecule has 1 aromatic rings. The van der Waals surface area contributed by atoms with Crippen molar-refractivity contribution in [2.24, 2.45) is 0 Å². The summed E-state index contributed by atoms with van der Waals surface area (Å²) in [4.78, 5) is 17.1. The molecule has 0 radical (unpaired) electrons. The van der Waals surface area contributed by atoms with Crippen LogP contribution in [-0.4, -0.2) is 54.3 Å². The van der Waals surface area contributed by atoms with E-state index in [0.29, 0.717) is 12.6 Å². The number of hydrogen-bond acceptors (Lipinski definition) is 3. The van der Waals surface area contributed by atoms with E-state index < -0.39 is 0 Å². The van der Waals surface area contributed by atoms with Crippen molar-refractivity contribution in [2.75, 3.05) is 32.7 Å². The first-order valence-electron chi connectivity index (χ1n) is 6.97. The quantitative estimate of drug-likeness (QED) is 0.798. The monoisotopic (exact) mass is 322 g/mol. The molecule has 0 saturated carbocycles. The van der Waals surface area contributed by atoms with Crippen molar-refractivity contribution in [1.29, 1.82) is 0 Å². The largest absolute Gasteiger partial charge is 0.298 e. The van der Waals surface area contributed by atoms with E-state index in [0.717, 1.165) is 29.7 Å². The molecule has 0 amide bonds. The van der Waals surface area contributed by atoms with Crippen molar-refractivity contribution in [1.82, 2.24) is 9.80 Å². The van der Waals surface area contributed by atoms with Gasteiger partial charge in [-0.3, -0.25) is 14.6 Å². The maximum absolute atomic E-state index is 12.2. The van der Waals surface area contributed by atoms with E-state index in [1.54, 1.807) is 0 Å². The van der Waals surface area contributed by atoms with Crippen molar-refractivity contribution in [3.63, 3.8) is 0 Å². The Kier molecular flexibility index (Phi) is 4.01. The van der Waals surface area contributed by atoms with Crippen LogP contribution in [0.15, 0.2) is 28.7 Å². The van der Waals surface area contributed by atoms with Gasteiger partial charge in [0.05, 0.1) is 6.54 Å². The first-order valence-corrected chi connectivity index (χ1v) is 7.77. The topological polar surface area (TPSA) is 23.6 Å². The summed E-state index contributed by atoms with van der Waals surface area (Å²) in [7, 11) is 0. The van der Waals surface area contributed by atoms with Crippen molar-refractivity contribution >= 4 is 21.7 Å². The fraction of sp³-hybridized carbons (Fsp3) is 0.533. The average Bonchev–Trinajstić information content (AvgIpc) is 2.87. The number of hydrogen-bond donors (Lipinski definition) is 0. The summed E-state index contributed by atoms with van der Waals surface area (Å²) in [6.45, 7) is 5.02. The van der Waals surface area contributed by atoms with Crippen LogP contribution < -0.4 is 0 Å². The van der Waals surface area contributed by atoms with Crippen LogP contribution in [0.5, 0.6) is 0 Å². The van der Waals surface area contributed by atoms with Crippen molar-refractivity contribution in [2.45, 2.75) is 18.9 Å². The van der Waals surface area contributed by atoms with E-state index in [1.165, 1.54) is 19.4 Å². The number of nitrogens with zero attached hydrogens (tertiary/aromatic N) is 2. The van der Waals surface area contributed by atoms with E-state index in [-0.39, 0.29) is 5.78 Å². The summed E-state index contributed by atoms with van der Waals surface area (Å²) in [5.41, 5.74) is 0.817. The van der Waals surface area contributed by atoms with Crippen LogP contribution in [0.2, 0.25) is 0 Å². The first-order chi connectivity index (χ1) is 9.22. The summed E-state index contributed by atoms with van der Waals surface area (Å²) >= 11 is 3.40. The summed E-state index contributed by atoms with van der Waals surface area (Å²) in [6.07, 6.45) is 2.61. The van der Waals surface area contributed by atoms with E-state index in [9.17, 15) is 4.79 Å². The molecular formula is C15H19BrN2O. The van der Waals surface area contributed by atoms with Gasteiger partial charge in [0.2, 0.25) is 0 Å². The van der Waals surface area contributed by atoms with Gasteiger partial charge in [0.1, 0.15) is 0 Å². The molecule has 19 heavy (non-hydrogen) atoms. The van der Waals surface area contributed by atoms with Crippen molar-refractivity contribution in [3.8, 4) is 0 Å². The van der Waals surface area contributed by atoms with Crippen LogP contribution >= 0.6 is 15.9 Å². The van der Waals surface area contributed by atoms with Gasteiger partial charge >= 0.3 is 0 Å². The molecule has 102 valence electrons. The van der Waals surface area contributed by atoms with Gasteiger partial charge in [-0.2, -0.15) is 0 Å². The molecular weight excluding hydrogens is 304 g/mol. The smallest absolute Gasteiger partial charge is 0.176 e.